The zero-order valence-corrected chi connectivity index (χ0v) is 10.7. The van der Waals surface area contributed by atoms with Crippen LogP contribution in [0.5, 0.6) is 0 Å². The van der Waals surface area contributed by atoms with E-state index in [0.717, 1.165) is 0 Å². The Morgan fingerprint density at radius 3 is 2.94 bits per heavy atom. The fraction of sp³-hybridized carbons (Fsp3) is 0.636. The van der Waals surface area contributed by atoms with Gasteiger partial charge in [-0.25, -0.2) is 0 Å². The SMILES string of the molecule is COCC(CCO)NC(=O)C(N)c1cnn(C)c1. The highest BCUT2D eigenvalue weighted by molar-refractivity contribution is 5.83. The summed E-state index contributed by atoms with van der Waals surface area (Å²) in [7, 11) is 3.30. The minimum atomic E-state index is -0.767. The van der Waals surface area contributed by atoms with Crippen molar-refractivity contribution >= 4 is 5.91 Å². The third-order valence-corrected chi connectivity index (χ3v) is 2.56. The first-order valence-corrected chi connectivity index (χ1v) is 5.72. The lowest BCUT2D eigenvalue weighted by Gasteiger charge is -2.19. The maximum Gasteiger partial charge on any atom is 0.241 e. The topological polar surface area (TPSA) is 102 Å². The first-order valence-electron chi connectivity index (χ1n) is 5.72. The molecule has 1 rings (SSSR count). The number of nitrogens with two attached hydrogens (primary N) is 1. The molecule has 18 heavy (non-hydrogen) atoms. The lowest BCUT2D eigenvalue weighted by Crippen LogP contribution is -2.43. The standard InChI is InChI=1S/C11H20N4O3/c1-15-6-8(5-13-15)10(12)11(17)14-9(3-4-16)7-18-2/h5-6,9-10,16H,3-4,7,12H2,1-2H3,(H,14,17). The highest BCUT2D eigenvalue weighted by Gasteiger charge is 2.20. The molecule has 0 aliphatic carbocycles. The number of ether oxygens (including phenoxy) is 1. The van der Waals surface area contributed by atoms with E-state index in [1.54, 1.807) is 24.1 Å². The maximum atomic E-state index is 11.9. The molecule has 2 atom stereocenters. The Labute approximate surface area is 106 Å². The normalized spacial score (nSPS) is 14.2. The number of methoxy groups -OCH3 is 1. The van der Waals surface area contributed by atoms with Crippen LogP contribution in [0.1, 0.15) is 18.0 Å². The lowest BCUT2D eigenvalue weighted by molar-refractivity contribution is -0.123. The van der Waals surface area contributed by atoms with Crippen molar-refractivity contribution in [2.45, 2.75) is 18.5 Å². The molecular formula is C11H20N4O3. The van der Waals surface area contributed by atoms with Crippen molar-refractivity contribution in [3.63, 3.8) is 0 Å². The van der Waals surface area contributed by atoms with E-state index in [1.165, 1.54) is 7.11 Å². The summed E-state index contributed by atoms with van der Waals surface area (Å²) >= 11 is 0. The second kappa shape index (κ2) is 7.10. The van der Waals surface area contributed by atoms with Gasteiger partial charge in [-0.15, -0.1) is 0 Å². The molecule has 0 spiro atoms. The number of carbonyl (C=O) groups excluding carboxylic acids is 1. The molecule has 0 fully saturated rings. The zero-order chi connectivity index (χ0) is 13.5. The number of aryl methyl sites for hydroxylation is 1. The molecule has 0 aromatic carbocycles. The van der Waals surface area contributed by atoms with E-state index in [-0.39, 0.29) is 18.6 Å². The highest BCUT2D eigenvalue weighted by atomic mass is 16.5. The van der Waals surface area contributed by atoms with Gasteiger partial charge < -0.3 is 20.9 Å². The van der Waals surface area contributed by atoms with Crippen molar-refractivity contribution < 1.29 is 14.6 Å². The number of rotatable bonds is 7. The molecule has 1 amide bonds. The van der Waals surface area contributed by atoms with Crippen molar-refractivity contribution in [1.29, 1.82) is 0 Å². The Hall–Kier alpha value is -1.44. The molecule has 0 saturated carbocycles. The molecule has 0 aliphatic rings. The summed E-state index contributed by atoms with van der Waals surface area (Å²) in [5.74, 6) is -0.307. The Bertz CT molecular complexity index is 374. The molecule has 7 heteroatoms. The van der Waals surface area contributed by atoms with Gasteiger partial charge in [-0.3, -0.25) is 9.48 Å². The first kappa shape index (κ1) is 14.6. The predicted octanol–water partition coefficient (Wildman–Crippen LogP) is -1.07. The van der Waals surface area contributed by atoms with Crippen molar-refractivity contribution in [3.05, 3.63) is 18.0 Å². The van der Waals surface area contributed by atoms with Crippen LogP contribution in [0.4, 0.5) is 0 Å². The summed E-state index contributed by atoms with van der Waals surface area (Å²) in [5.41, 5.74) is 6.47. The summed E-state index contributed by atoms with van der Waals surface area (Å²) < 4.78 is 6.55. The van der Waals surface area contributed by atoms with E-state index in [4.69, 9.17) is 15.6 Å². The van der Waals surface area contributed by atoms with E-state index in [2.05, 4.69) is 10.4 Å². The monoisotopic (exact) mass is 256 g/mol. The van der Waals surface area contributed by atoms with Crippen molar-refractivity contribution in [2.75, 3.05) is 20.3 Å². The van der Waals surface area contributed by atoms with Gasteiger partial charge in [-0.2, -0.15) is 5.10 Å². The molecule has 1 aromatic heterocycles. The van der Waals surface area contributed by atoms with E-state index in [1.807, 2.05) is 0 Å². The predicted molar refractivity (Wildman–Crippen MR) is 65.6 cm³/mol. The van der Waals surface area contributed by atoms with Gasteiger partial charge in [0.05, 0.1) is 18.8 Å². The average Bonchev–Trinajstić information content (AvgIpc) is 2.75. The number of carbonyl (C=O) groups is 1. The summed E-state index contributed by atoms with van der Waals surface area (Å²) in [6, 6.07) is -1.01. The third-order valence-electron chi connectivity index (χ3n) is 2.56. The number of nitrogens with zero attached hydrogens (tertiary/aromatic N) is 2. The Balaban J connectivity index is 2.57. The maximum absolute atomic E-state index is 11.9. The second-order valence-corrected chi connectivity index (χ2v) is 4.10. The minimum absolute atomic E-state index is 0.0174. The number of nitrogens with one attached hydrogen (secondary N) is 1. The summed E-state index contributed by atoms with van der Waals surface area (Å²) in [6.07, 6.45) is 3.68. The smallest absolute Gasteiger partial charge is 0.241 e. The molecule has 4 N–H and O–H groups in total. The summed E-state index contributed by atoms with van der Waals surface area (Å²) in [4.78, 5) is 11.9. The fourth-order valence-electron chi connectivity index (χ4n) is 1.60. The molecule has 1 heterocycles. The van der Waals surface area contributed by atoms with Crippen molar-refractivity contribution in [2.24, 2.45) is 12.8 Å². The molecule has 1 aromatic rings. The number of hydrogen-bond acceptors (Lipinski definition) is 5. The van der Waals surface area contributed by atoms with Crippen LogP contribution in [0.15, 0.2) is 12.4 Å². The molecule has 0 radical (unpaired) electrons. The molecule has 0 saturated heterocycles. The zero-order valence-electron chi connectivity index (χ0n) is 10.7. The number of amides is 1. The second-order valence-electron chi connectivity index (χ2n) is 4.10. The summed E-state index contributed by atoms with van der Waals surface area (Å²) in [6.45, 7) is 0.322. The quantitative estimate of drug-likeness (QED) is 0.576. The minimum Gasteiger partial charge on any atom is -0.396 e. The van der Waals surface area contributed by atoms with Crippen LogP contribution in [0.2, 0.25) is 0 Å². The van der Waals surface area contributed by atoms with Crippen LogP contribution in [0, 0.1) is 0 Å². The van der Waals surface area contributed by atoms with Gasteiger partial charge in [0.25, 0.3) is 0 Å². The molecule has 0 aliphatic heterocycles. The van der Waals surface area contributed by atoms with Crippen LogP contribution in [0.3, 0.4) is 0 Å². The number of aromatic nitrogens is 2. The van der Waals surface area contributed by atoms with E-state index in [0.29, 0.717) is 18.6 Å². The van der Waals surface area contributed by atoms with Crippen LogP contribution in [-0.4, -0.2) is 47.2 Å². The van der Waals surface area contributed by atoms with Gasteiger partial charge >= 0.3 is 0 Å². The van der Waals surface area contributed by atoms with Gasteiger partial charge in [0, 0.05) is 32.5 Å². The third kappa shape index (κ3) is 4.10. The van der Waals surface area contributed by atoms with Gasteiger partial charge in [-0.05, 0) is 6.42 Å². The number of aliphatic hydroxyl groups is 1. The molecule has 102 valence electrons. The van der Waals surface area contributed by atoms with E-state index >= 15 is 0 Å². The van der Waals surface area contributed by atoms with Crippen molar-refractivity contribution in [1.82, 2.24) is 15.1 Å². The average molecular weight is 256 g/mol. The van der Waals surface area contributed by atoms with Crippen LogP contribution in [-0.2, 0) is 16.6 Å². The van der Waals surface area contributed by atoms with E-state index in [9.17, 15) is 4.79 Å². The largest absolute Gasteiger partial charge is 0.396 e. The highest BCUT2D eigenvalue weighted by Crippen LogP contribution is 2.09. The Morgan fingerprint density at radius 2 is 2.44 bits per heavy atom. The molecule has 0 bridgehead atoms. The molecular weight excluding hydrogens is 236 g/mol. The van der Waals surface area contributed by atoms with Crippen LogP contribution < -0.4 is 11.1 Å². The van der Waals surface area contributed by atoms with Gasteiger partial charge in [0.15, 0.2) is 0 Å². The lowest BCUT2D eigenvalue weighted by atomic mass is 10.1. The number of hydrogen-bond donors (Lipinski definition) is 3. The Kier molecular flexibility index (Phi) is 5.76. The molecule has 7 nitrogen and oxygen atoms in total. The van der Waals surface area contributed by atoms with Gasteiger partial charge in [-0.1, -0.05) is 0 Å². The van der Waals surface area contributed by atoms with Crippen molar-refractivity contribution in [3.8, 4) is 0 Å². The van der Waals surface area contributed by atoms with Crippen LogP contribution >= 0.6 is 0 Å². The summed E-state index contributed by atoms with van der Waals surface area (Å²) in [5, 5.41) is 15.6. The fourth-order valence-corrected chi connectivity index (χ4v) is 1.60. The first-order chi connectivity index (χ1) is 8.58. The van der Waals surface area contributed by atoms with E-state index < -0.39 is 6.04 Å². The number of aliphatic hydroxyl groups excluding tert-OH is 1. The van der Waals surface area contributed by atoms with Gasteiger partial charge in [0.2, 0.25) is 5.91 Å². The molecule has 2 unspecified atom stereocenters. The van der Waals surface area contributed by atoms with Gasteiger partial charge in [0.1, 0.15) is 6.04 Å². The van der Waals surface area contributed by atoms with Crippen LogP contribution in [0.25, 0.3) is 0 Å². The Morgan fingerprint density at radius 1 is 1.72 bits per heavy atom.